The molecule has 30 heavy (non-hydrogen) atoms. The SMILES string of the molecule is COc1ccc(Cl)cc1C(=O)N1CCN(c2ccc(N3CCCCCC3)nn2)CC1. The summed E-state index contributed by atoms with van der Waals surface area (Å²) in [5.41, 5.74) is 0.500. The van der Waals surface area contributed by atoms with E-state index >= 15 is 0 Å². The number of piperazine rings is 1. The van der Waals surface area contributed by atoms with E-state index in [1.54, 1.807) is 25.3 Å². The van der Waals surface area contributed by atoms with Gasteiger partial charge in [-0.05, 0) is 43.2 Å². The number of halogens is 1. The molecule has 4 rings (SSSR count). The number of nitrogens with zero attached hydrogens (tertiary/aromatic N) is 5. The molecule has 1 amide bonds. The maximum Gasteiger partial charge on any atom is 0.257 e. The van der Waals surface area contributed by atoms with Crippen molar-refractivity contribution in [1.82, 2.24) is 15.1 Å². The Kier molecular flexibility index (Phi) is 6.57. The normalized spacial score (nSPS) is 17.6. The summed E-state index contributed by atoms with van der Waals surface area (Å²) in [5.74, 6) is 2.31. The van der Waals surface area contributed by atoms with Crippen LogP contribution in [0.5, 0.6) is 5.75 Å². The quantitative estimate of drug-likeness (QED) is 0.741. The van der Waals surface area contributed by atoms with Crippen molar-refractivity contribution in [2.75, 3.05) is 56.2 Å². The van der Waals surface area contributed by atoms with Gasteiger partial charge in [0.25, 0.3) is 5.91 Å². The zero-order chi connectivity index (χ0) is 20.9. The molecule has 0 saturated carbocycles. The highest BCUT2D eigenvalue weighted by Gasteiger charge is 2.25. The molecule has 1 aromatic carbocycles. The number of methoxy groups -OCH3 is 1. The average molecular weight is 430 g/mol. The lowest BCUT2D eigenvalue weighted by atomic mass is 10.1. The summed E-state index contributed by atoms with van der Waals surface area (Å²) in [7, 11) is 1.56. The smallest absolute Gasteiger partial charge is 0.257 e. The number of rotatable bonds is 4. The van der Waals surface area contributed by atoms with Crippen LogP contribution in [0.4, 0.5) is 11.6 Å². The fraction of sp³-hybridized carbons (Fsp3) is 0.500. The Morgan fingerprint density at radius 3 is 2.03 bits per heavy atom. The van der Waals surface area contributed by atoms with Crippen LogP contribution < -0.4 is 14.5 Å². The summed E-state index contributed by atoms with van der Waals surface area (Å²) >= 11 is 6.08. The van der Waals surface area contributed by atoms with Gasteiger partial charge in [0.2, 0.25) is 0 Å². The third kappa shape index (κ3) is 4.61. The van der Waals surface area contributed by atoms with Crippen molar-refractivity contribution < 1.29 is 9.53 Å². The predicted octanol–water partition coefficient (Wildman–Crippen LogP) is 3.48. The monoisotopic (exact) mass is 429 g/mol. The van der Waals surface area contributed by atoms with E-state index in [1.807, 2.05) is 11.0 Å². The third-order valence-corrected chi connectivity index (χ3v) is 6.08. The molecule has 2 aliphatic rings. The van der Waals surface area contributed by atoms with Gasteiger partial charge in [-0.25, -0.2) is 0 Å². The first kappa shape index (κ1) is 20.7. The molecule has 1 aromatic heterocycles. The zero-order valence-corrected chi connectivity index (χ0v) is 18.1. The van der Waals surface area contributed by atoms with Crippen molar-refractivity contribution in [2.45, 2.75) is 25.7 Å². The van der Waals surface area contributed by atoms with Gasteiger partial charge in [0, 0.05) is 44.3 Å². The van der Waals surface area contributed by atoms with Crippen molar-refractivity contribution in [1.29, 1.82) is 0 Å². The van der Waals surface area contributed by atoms with E-state index in [0.717, 1.165) is 24.7 Å². The van der Waals surface area contributed by atoms with E-state index in [0.29, 0.717) is 42.5 Å². The summed E-state index contributed by atoms with van der Waals surface area (Å²) in [6.45, 7) is 4.77. The van der Waals surface area contributed by atoms with Crippen LogP contribution in [0.2, 0.25) is 5.02 Å². The van der Waals surface area contributed by atoms with Crippen molar-refractivity contribution in [3.63, 3.8) is 0 Å². The summed E-state index contributed by atoms with van der Waals surface area (Å²) in [4.78, 5) is 19.3. The lowest BCUT2D eigenvalue weighted by molar-refractivity contribution is 0.0743. The molecule has 2 aliphatic heterocycles. The van der Waals surface area contributed by atoms with Gasteiger partial charge in [0.15, 0.2) is 11.6 Å². The number of carbonyl (C=O) groups excluding carboxylic acids is 1. The molecular formula is C22H28ClN5O2. The predicted molar refractivity (Wildman–Crippen MR) is 119 cm³/mol. The van der Waals surface area contributed by atoms with E-state index < -0.39 is 0 Å². The lowest BCUT2D eigenvalue weighted by Gasteiger charge is -2.35. The highest BCUT2D eigenvalue weighted by Crippen LogP contribution is 2.25. The third-order valence-electron chi connectivity index (χ3n) is 5.85. The summed E-state index contributed by atoms with van der Waals surface area (Å²) in [6.07, 6.45) is 5.03. The van der Waals surface area contributed by atoms with Crippen molar-refractivity contribution >= 4 is 29.1 Å². The Labute approximate surface area is 182 Å². The fourth-order valence-electron chi connectivity index (χ4n) is 4.11. The average Bonchev–Trinajstić information content (AvgIpc) is 3.08. The van der Waals surface area contributed by atoms with E-state index in [4.69, 9.17) is 16.3 Å². The van der Waals surface area contributed by atoms with Crippen molar-refractivity contribution in [3.05, 3.63) is 40.9 Å². The van der Waals surface area contributed by atoms with Gasteiger partial charge < -0.3 is 19.4 Å². The maximum atomic E-state index is 13.0. The fourth-order valence-corrected chi connectivity index (χ4v) is 4.28. The summed E-state index contributed by atoms with van der Waals surface area (Å²) < 4.78 is 5.33. The van der Waals surface area contributed by atoms with Gasteiger partial charge in [0.05, 0.1) is 12.7 Å². The molecule has 8 heteroatoms. The first-order chi connectivity index (χ1) is 14.7. The van der Waals surface area contributed by atoms with Crippen LogP contribution >= 0.6 is 11.6 Å². The van der Waals surface area contributed by atoms with Gasteiger partial charge >= 0.3 is 0 Å². The highest BCUT2D eigenvalue weighted by atomic mass is 35.5. The van der Waals surface area contributed by atoms with E-state index in [9.17, 15) is 4.79 Å². The number of hydrogen-bond donors (Lipinski definition) is 0. The largest absolute Gasteiger partial charge is 0.496 e. The minimum Gasteiger partial charge on any atom is -0.496 e. The number of amides is 1. The number of carbonyl (C=O) groups is 1. The zero-order valence-electron chi connectivity index (χ0n) is 17.4. The van der Waals surface area contributed by atoms with Crippen LogP contribution in [0.15, 0.2) is 30.3 Å². The van der Waals surface area contributed by atoms with Gasteiger partial charge in [-0.1, -0.05) is 24.4 Å². The maximum absolute atomic E-state index is 13.0. The minimum absolute atomic E-state index is 0.0587. The van der Waals surface area contributed by atoms with Crippen LogP contribution in [-0.4, -0.2) is 67.4 Å². The number of aromatic nitrogens is 2. The van der Waals surface area contributed by atoms with Gasteiger partial charge in [-0.2, -0.15) is 0 Å². The van der Waals surface area contributed by atoms with Gasteiger partial charge in [-0.15, -0.1) is 10.2 Å². The summed E-state index contributed by atoms with van der Waals surface area (Å²) in [6, 6.07) is 9.24. The number of ether oxygens (including phenoxy) is 1. The second-order valence-corrected chi connectivity index (χ2v) is 8.21. The first-order valence-corrected chi connectivity index (χ1v) is 11.0. The van der Waals surface area contributed by atoms with Crippen molar-refractivity contribution in [3.8, 4) is 5.75 Å². The summed E-state index contributed by atoms with van der Waals surface area (Å²) in [5, 5.41) is 9.47. The van der Waals surface area contributed by atoms with Crippen LogP contribution in [0.3, 0.4) is 0 Å². The topological polar surface area (TPSA) is 61.8 Å². The Hall–Kier alpha value is -2.54. The molecule has 0 unspecified atom stereocenters. The Balaban J connectivity index is 1.37. The van der Waals surface area contributed by atoms with Gasteiger partial charge in [0.1, 0.15) is 5.75 Å². The molecule has 2 saturated heterocycles. The number of hydrogen-bond acceptors (Lipinski definition) is 6. The van der Waals surface area contributed by atoms with Crippen LogP contribution in [-0.2, 0) is 0 Å². The lowest BCUT2D eigenvalue weighted by Crippen LogP contribution is -2.49. The minimum atomic E-state index is -0.0587. The van der Waals surface area contributed by atoms with Crippen LogP contribution in [0.25, 0.3) is 0 Å². The number of anilines is 2. The standard InChI is InChI=1S/C22H28ClN5O2/c1-30-19-7-6-17(23)16-18(19)22(29)28-14-12-27(13-15-28)21-9-8-20(24-25-21)26-10-4-2-3-5-11-26/h6-9,16H,2-5,10-15H2,1H3. The van der Waals surface area contributed by atoms with Crippen LogP contribution in [0, 0.1) is 0 Å². The molecule has 0 bridgehead atoms. The molecule has 7 nitrogen and oxygen atoms in total. The van der Waals surface area contributed by atoms with Gasteiger partial charge in [-0.3, -0.25) is 4.79 Å². The first-order valence-electron chi connectivity index (χ1n) is 10.6. The number of benzene rings is 1. The van der Waals surface area contributed by atoms with E-state index in [2.05, 4.69) is 26.1 Å². The molecule has 0 aliphatic carbocycles. The highest BCUT2D eigenvalue weighted by molar-refractivity contribution is 6.31. The Morgan fingerprint density at radius 1 is 0.867 bits per heavy atom. The van der Waals surface area contributed by atoms with E-state index in [1.165, 1.54) is 25.7 Å². The second-order valence-electron chi connectivity index (χ2n) is 7.77. The molecule has 0 radical (unpaired) electrons. The molecule has 3 heterocycles. The second kappa shape index (κ2) is 9.51. The molecule has 2 aromatic rings. The molecule has 0 N–H and O–H groups in total. The Bertz CT molecular complexity index is 860. The molecular weight excluding hydrogens is 402 g/mol. The molecule has 0 atom stereocenters. The van der Waals surface area contributed by atoms with E-state index in [-0.39, 0.29) is 5.91 Å². The van der Waals surface area contributed by atoms with Crippen LogP contribution in [0.1, 0.15) is 36.0 Å². The molecule has 2 fully saturated rings. The van der Waals surface area contributed by atoms with Crippen molar-refractivity contribution in [2.24, 2.45) is 0 Å². The molecule has 160 valence electrons. The Morgan fingerprint density at radius 2 is 1.47 bits per heavy atom. The molecule has 0 spiro atoms.